The molecular formula is C27H38BN3O4. The van der Waals surface area contributed by atoms with Crippen LogP contribution in [0.4, 0.5) is 0 Å². The van der Waals surface area contributed by atoms with Crippen molar-refractivity contribution in [2.24, 2.45) is 17.3 Å². The molecule has 1 aromatic rings. The number of hydrogen-bond donors (Lipinski definition) is 1. The Labute approximate surface area is 209 Å². The second kappa shape index (κ2) is 9.86. The summed E-state index contributed by atoms with van der Waals surface area (Å²) in [4.78, 5) is 15.4. The van der Waals surface area contributed by atoms with Gasteiger partial charge in [-0.2, -0.15) is 5.26 Å². The summed E-state index contributed by atoms with van der Waals surface area (Å²) in [6.07, 6.45) is 3.57. The molecule has 1 amide bonds. The molecule has 8 heteroatoms. The van der Waals surface area contributed by atoms with Gasteiger partial charge in [0.2, 0.25) is 5.91 Å². The summed E-state index contributed by atoms with van der Waals surface area (Å²) in [5, 5.41) is 12.1. The number of carbonyl (C=O) groups excluding carboxylic acids is 1. The van der Waals surface area contributed by atoms with E-state index in [4.69, 9.17) is 19.3 Å². The Morgan fingerprint density at radius 1 is 1.29 bits per heavy atom. The molecule has 2 aliphatic heterocycles. The molecule has 0 unspecified atom stereocenters. The minimum absolute atomic E-state index is 0.0464. The first-order valence-electron chi connectivity index (χ1n) is 13.2. The maximum atomic E-state index is 13.2. The lowest BCUT2D eigenvalue weighted by atomic mass is 9.43. The van der Waals surface area contributed by atoms with E-state index in [1.807, 2.05) is 18.2 Å². The summed E-state index contributed by atoms with van der Waals surface area (Å²) in [6, 6.07) is 12.4. The van der Waals surface area contributed by atoms with Crippen molar-refractivity contribution in [1.82, 2.24) is 10.2 Å². The summed E-state index contributed by atoms with van der Waals surface area (Å²) < 4.78 is 19.1. The van der Waals surface area contributed by atoms with Crippen molar-refractivity contribution >= 4 is 13.0 Å². The molecule has 0 radical (unpaired) electrons. The van der Waals surface area contributed by atoms with Crippen LogP contribution in [-0.2, 0) is 25.3 Å². The van der Waals surface area contributed by atoms with Crippen molar-refractivity contribution in [1.29, 1.82) is 5.26 Å². The van der Waals surface area contributed by atoms with E-state index in [0.717, 1.165) is 25.1 Å². The van der Waals surface area contributed by atoms with Gasteiger partial charge >= 0.3 is 7.12 Å². The van der Waals surface area contributed by atoms with Gasteiger partial charge in [-0.15, -0.1) is 0 Å². The summed E-state index contributed by atoms with van der Waals surface area (Å²) in [5.41, 5.74) is 1.11. The third-order valence-electron chi connectivity index (χ3n) is 9.12. The first-order chi connectivity index (χ1) is 16.8. The Balaban J connectivity index is 1.26. The molecule has 2 heterocycles. The van der Waals surface area contributed by atoms with Gasteiger partial charge in [0.1, 0.15) is 0 Å². The number of nitrogens with zero attached hydrogens (tertiary/aromatic N) is 2. The molecule has 5 aliphatic rings. The average molecular weight is 479 g/mol. The van der Waals surface area contributed by atoms with Crippen LogP contribution in [0.5, 0.6) is 0 Å². The van der Waals surface area contributed by atoms with E-state index >= 15 is 0 Å². The summed E-state index contributed by atoms with van der Waals surface area (Å²) in [6.45, 7) is 9.72. The highest BCUT2D eigenvalue weighted by Gasteiger charge is 2.68. The van der Waals surface area contributed by atoms with Crippen LogP contribution in [0.15, 0.2) is 30.3 Å². The number of ether oxygens (including phenoxy) is 1. The van der Waals surface area contributed by atoms with Crippen LogP contribution >= 0.6 is 0 Å². The fraction of sp³-hybridized carbons (Fsp3) is 0.704. The van der Waals surface area contributed by atoms with Crippen LogP contribution in [0, 0.1) is 28.6 Å². The zero-order valence-corrected chi connectivity index (χ0v) is 21.2. The van der Waals surface area contributed by atoms with Crippen molar-refractivity contribution < 1.29 is 18.8 Å². The van der Waals surface area contributed by atoms with E-state index in [2.05, 4.69) is 49.2 Å². The van der Waals surface area contributed by atoms with E-state index in [0.29, 0.717) is 44.2 Å². The number of benzene rings is 1. The van der Waals surface area contributed by atoms with Gasteiger partial charge in [-0.1, -0.05) is 44.2 Å². The van der Waals surface area contributed by atoms with E-state index in [9.17, 15) is 4.79 Å². The van der Waals surface area contributed by atoms with Gasteiger partial charge in [0.15, 0.2) is 0 Å². The fourth-order valence-electron chi connectivity index (χ4n) is 6.94. The predicted octanol–water partition coefficient (Wildman–Crippen LogP) is 2.99. The van der Waals surface area contributed by atoms with Crippen molar-refractivity contribution in [2.75, 3.05) is 26.2 Å². The number of amides is 1. The third-order valence-corrected chi connectivity index (χ3v) is 9.12. The average Bonchev–Trinajstić information content (AvgIpc) is 3.20. The second-order valence-electron chi connectivity index (χ2n) is 11.6. The zero-order chi connectivity index (χ0) is 24.6. The number of nitrogens with one attached hydrogen (secondary N) is 1. The van der Waals surface area contributed by atoms with Crippen molar-refractivity contribution in [3.8, 4) is 6.07 Å². The Morgan fingerprint density at radius 2 is 2.09 bits per heavy atom. The fourth-order valence-corrected chi connectivity index (χ4v) is 6.94. The van der Waals surface area contributed by atoms with Gasteiger partial charge in [-0.3, -0.25) is 9.69 Å². The predicted molar refractivity (Wildman–Crippen MR) is 133 cm³/mol. The summed E-state index contributed by atoms with van der Waals surface area (Å²) in [5.74, 6) is 0.843. The molecule has 2 saturated heterocycles. The molecular weight excluding hydrogens is 441 g/mol. The van der Waals surface area contributed by atoms with Gasteiger partial charge in [0.25, 0.3) is 0 Å². The highest BCUT2D eigenvalue weighted by molar-refractivity contribution is 6.48. The SMILES string of the molecule is CC1(C)[C@@H]2C[C@H]3OB([C@H](Cc4ccccc4)NC(=O)C[C@@H]4CN(CCC#N)CCO4)O[C@@]3(C)[C@H]1C2. The van der Waals surface area contributed by atoms with Crippen LogP contribution in [-0.4, -0.2) is 67.9 Å². The van der Waals surface area contributed by atoms with Crippen LogP contribution in [0.1, 0.15) is 52.0 Å². The first-order valence-corrected chi connectivity index (χ1v) is 13.2. The topological polar surface area (TPSA) is 83.8 Å². The lowest BCUT2D eigenvalue weighted by molar-refractivity contribution is -0.199. The minimum atomic E-state index is -0.469. The molecule has 7 nitrogen and oxygen atoms in total. The molecule has 3 saturated carbocycles. The van der Waals surface area contributed by atoms with Crippen LogP contribution in [0.25, 0.3) is 0 Å². The smallest absolute Gasteiger partial charge is 0.404 e. The molecule has 188 valence electrons. The Hall–Kier alpha value is -1.92. The molecule has 1 aromatic carbocycles. The second-order valence-corrected chi connectivity index (χ2v) is 11.6. The quantitative estimate of drug-likeness (QED) is 0.578. The monoisotopic (exact) mass is 479 g/mol. The highest BCUT2D eigenvalue weighted by atomic mass is 16.7. The standard InChI is InChI=1S/C27H38BN3O4/c1-26(2)20-15-22(26)27(3)23(16-20)34-28(35-27)24(14-19-8-5-4-6-9-19)30-25(32)17-21-18-31(11-7-10-29)12-13-33-21/h4-6,8-9,20-24H,7,11-18H2,1-3H3,(H,30,32)/t20-,21+,22-,23+,24-,27-/m0/s1. The maximum absolute atomic E-state index is 13.2. The Morgan fingerprint density at radius 3 is 2.83 bits per heavy atom. The molecule has 0 spiro atoms. The number of morpholine rings is 1. The Kier molecular flexibility index (Phi) is 6.97. The van der Waals surface area contributed by atoms with E-state index in [-0.39, 0.29) is 35.1 Å². The Bertz CT molecular complexity index is 953. The van der Waals surface area contributed by atoms with E-state index in [1.54, 1.807) is 0 Å². The molecule has 1 N–H and O–H groups in total. The molecule has 2 bridgehead atoms. The van der Waals surface area contributed by atoms with E-state index in [1.165, 1.54) is 6.42 Å². The lowest BCUT2D eigenvalue weighted by Gasteiger charge is -2.64. The minimum Gasteiger partial charge on any atom is -0.404 e. The third kappa shape index (κ3) is 4.89. The van der Waals surface area contributed by atoms with Crippen LogP contribution in [0.2, 0.25) is 0 Å². The maximum Gasteiger partial charge on any atom is 0.482 e. The van der Waals surface area contributed by atoms with Crippen molar-refractivity contribution in [3.63, 3.8) is 0 Å². The normalized spacial score (nSPS) is 34.4. The van der Waals surface area contributed by atoms with Crippen molar-refractivity contribution in [3.05, 3.63) is 35.9 Å². The number of hydrogen-bond acceptors (Lipinski definition) is 6. The summed E-state index contributed by atoms with van der Waals surface area (Å²) in [7, 11) is -0.469. The summed E-state index contributed by atoms with van der Waals surface area (Å²) >= 11 is 0. The molecule has 0 aromatic heterocycles. The van der Waals surface area contributed by atoms with Crippen molar-refractivity contribution in [2.45, 2.75) is 76.6 Å². The molecule has 35 heavy (non-hydrogen) atoms. The molecule has 6 rings (SSSR count). The van der Waals surface area contributed by atoms with Gasteiger partial charge in [0, 0.05) is 26.1 Å². The number of nitriles is 1. The number of rotatable bonds is 8. The highest BCUT2D eigenvalue weighted by Crippen LogP contribution is 2.65. The first kappa shape index (κ1) is 24.8. The van der Waals surface area contributed by atoms with Crippen LogP contribution in [0.3, 0.4) is 0 Å². The van der Waals surface area contributed by atoms with Gasteiger partial charge in [-0.25, -0.2) is 0 Å². The largest absolute Gasteiger partial charge is 0.482 e. The van der Waals surface area contributed by atoms with Gasteiger partial charge in [0.05, 0.1) is 42.8 Å². The molecule has 5 fully saturated rings. The van der Waals surface area contributed by atoms with Crippen LogP contribution < -0.4 is 5.32 Å². The zero-order valence-electron chi connectivity index (χ0n) is 21.2. The molecule has 3 aliphatic carbocycles. The van der Waals surface area contributed by atoms with Gasteiger partial charge < -0.3 is 19.4 Å². The number of carbonyl (C=O) groups is 1. The lowest BCUT2D eigenvalue weighted by Crippen LogP contribution is -2.65. The molecule has 6 atom stereocenters. The van der Waals surface area contributed by atoms with Gasteiger partial charge in [-0.05, 0) is 49.0 Å². The van der Waals surface area contributed by atoms with E-state index < -0.39 is 7.12 Å².